The number of piperidine rings is 1. The van der Waals surface area contributed by atoms with E-state index in [2.05, 4.69) is 21.9 Å². The SMILES string of the molecule is C=CC(=O)N1CC2CC1[C@H](n1nc(-c3ccc(C(=O)Nc4ccccn4)cc3F)c3c(N)nccc31)C2. The first-order chi connectivity index (χ1) is 17.9. The van der Waals surface area contributed by atoms with Gasteiger partial charge in [-0.3, -0.25) is 14.3 Å². The molecule has 186 valence electrons. The Balaban J connectivity index is 1.38. The number of rotatable bonds is 5. The third kappa shape index (κ3) is 3.81. The molecule has 2 fully saturated rings. The van der Waals surface area contributed by atoms with Crippen LogP contribution in [0.3, 0.4) is 0 Å². The number of halogens is 1. The lowest BCUT2D eigenvalue weighted by molar-refractivity contribution is -0.128. The highest BCUT2D eigenvalue weighted by Crippen LogP contribution is 2.46. The highest BCUT2D eigenvalue weighted by Gasteiger charge is 2.48. The average Bonchev–Trinajstić information content (AvgIpc) is 3.62. The van der Waals surface area contributed by atoms with Crippen molar-refractivity contribution in [3.05, 3.63) is 78.9 Å². The molecule has 2 amide bonds. The fraction of sp³-hybridized carbons (Fsp3) is 0.222. The van der Waals surface area contributed by atoms with Crippen molar-refractivity contribution in [2.45, 2.75) is 24.9 Å². The van der Waals surface area contributed by atoms with Crippen LogP contribution in [0.4, 0.5) is 16.0 Å². The molecule has 1 aliphatic heterocycles. The van der Waals surface area contributed by atoms with Crippen molar-refractivity contribution >= 4 is 34.4 Å². The third-order valence-electron chi connectivity index (χ3n) is 7.26. The Labute approximate surface area is 211 Å². The summed E-state index contributed by atoms with van der Waals surface area (Å²) < 4.78 is 17.3. The highest BCUT2D eigenvalue weighted by atomic mass is 19.1. The second-order valence-corrected chi connectivity index (χ2v) is 9.41. The molecule has 0 radical (unpaired) electrons. The first-order valence-electron chi connectivity index (χ1n) is 12.0. The van der Waals surface area contributed by atoms with Gasteiger partial charge in [-0.15, -0.1) is 0 Å². The van der Waals surface area contributed by atoms with E-state index in [-0.39, 0.29) is 34.9 Å². The van der Waals surface area contributed by atoms with Crippen LogP contribution in [0.25, 0.3) is 22.2 Å². The predicted octanol–water partition coefficient (Wildman–Crippen LogP) is 3.81. The van der Waals surface area contributed by atoms with E-state index in [4.69, 9.17) is 10.8 Å². The number of carbonyl (C=O) groups excluding carboxylic acids is 2. The minimum absolute atomic E-state index is 0.0247. The summed E-state index contributed by atoms with van der Waals surface area (Å²) in [6, 6.07) is 11.1. The van der Waals surface area contributed by atoms with E-state index >= 15 is 4.39 Å². The molecule has 1 aliphatic carbocycles. The van der Waals surface area contributed by atoms with Crippen molar-refractivity contribution in [3.8, 4) is 11.3 Å². The molecule has 4 heterocycles. The zero-order valence-corrected chi connectivity index (χ0v) is 19.8. The fourth-order valence-electron chi connectivity index (χ4n) is 5.65. The lowest BCUT2D eigenvalue weighted by atomic mass is 10.0. The third-order valence-corrected chi connectivity index (χ3v) is 7.26. The number of nitrogens with one attached hydrogen (secondary N) is 1. The summed E-state index contributed by atoms with van der Waals surface area (Å²) in [6.07, 6.45) is 6.24. The zero-order chi connectivity index (χ0) is 25.7. The highest BCUT2D eigenvalue weighted by molar-refractivity contribution is 6.05. The number of fused-ring (bicyclic) bond motifs is 3. The molecule has 2 unspecified atom stereocenters. The van der Waals surface area contributed by atoms with Crippen molar-refractivity contribution in [2.24, 2.45) is 5.92 Å². The summed E-state index contributed by atoms with van der Waals surface area (Å²) in [5.41, 5.74) is 7.68. The number of nitrogen functional groups attached to an aromatic ring is 1. The molecule has 1 saturated carbocycles. The molecule has 37 heavy (non-hydrogen) atoms. The standard InChI is InChI=1S/C27H24FN7O2/c1-2-23(36)34-14-15-11-20(34)21(12-15)35-19-8-10-31-26(29)24(19)25(33-35)17-7-6-16(13-18(17)28)27(37)32-22-5-3-4-9-30-22/h2-10,13,15,20-21H,1,11-12,14H2,(H2,29,31)(H,30,32,37)/t15?,20?,21-/m1/s1. The molecule has 6 rings (SSSR count). The monoisotopic (exact) mass is 497 g/mol. The van der Waals surface area contributed by atoms with Gasteiger partial charge >= 0.3 is 0 Å². The molecular weight excluding hydrogens is 473 g/mol. The maximum atomic E-state index is 15.5. The smallest absolute Gasteiger partial charge is 0.256 e. The van der Waals surface area contributed by atoms with Crippen LogP contribution in [0.1, 0.15) is 29.2 Å². The van der Waals surface area contributed by atoms with Crippen LogP contribution < -0.4 is 11.1 Å². The van der Waals surface area contributed by atoms with Crippen molar-refractivity contribution in [1.29, 1.82) is 0 Å². The number of hydrogen-bond acceptors (Lipinski definition) is 6. The van der Waals surface area contributed by atoms with E-state index in [0.717, 1.165) is 18.4 Å². The maximum Gasteiger partial charge on any atom is 0.256 e. The van der Waals surface area contributed by atoms with Gasteiger partial charge in [0, 0.05) is 30.1 Å². The molecule has 3 N–H and O–H groups in total. The average molecular weight is 498 g/mol. The number of pyridine rings is 2. The minimum Gasteiger partial charge on any atom is -0.383 e. The van der Waals surface area contributed by atoms with Crippen molar-refractivity contribution in [1.82, 2.24) is 24.6 Å². The second-order valence-electron chi connectivity index (χ2n) is 9.41. The van der Waals surface area contributed by atoms with Gasteiger partial charge in [-0.25, -0.2) is 14.4 Å². The number of likely N-dealkylation sites (tertiary alicyclic amines) is 1. The predicted molar refractivity (Wildman–Crippen MR) is 137 cm³/mol. The number of nitrogens with two attached hydrogens (primary N) is 1. The molecule has 1 saturated heterocycles. The van der Waals surface area contributed by atoms with Gasteiger partial charge in [0.15, 0.2) is 0 Å². The van der Waals surface area contributed by atoms with Crippen molar-refractivity contribution < 1.29 is 14.0 Å². The Hall–Kier alpha value is -4.60. The number of nitrogens with zero attached hydrogens (tertiary/aromatic N) is 5. The number of amides is 2. The first kappa shape index (κ1) is 22.8. The number of carbonyl (C=O) groups is 2. The number of hydrogen-bond donors (Lipinski definition) is 2. The molecule has 2 bridgehead atoms. The quantitative estimate of drug-likeness (QED) is 0.405. The summed E-state index contributed by atoms with van der Waals surface area (Å²) >= 11 is 0. The topological polar surface area (TPSA) is 119 Å². The molecule has 2 aliphatic rings. The van der Waals surface area contributed by atoms with Crippen LogP contribution in [0, 0.1) is 11.7 Å². The Morgan fingerprint density at radius 2 is 1.95 bits per heavy atom. The van der Waals surface area contributed by atoms with Gasteiger partial charge < -0.3 is 16.0 Å². The molecule has 1 aromatic carbocycles. The van der Waals surface area contributed by atoms with Gasteiger partial charge in [0.1, 0.15) is 23.1 Å². The van der Waals surface area contributed by atoms with Gasteiger partial charge in [0.25, 0.3) is 5.91 Å². The second kappa shape index (κ2) is 8.81. The van der Waals surface area contributed by atoms with Crippen molar-refractivity contribution in [3.63, 3.8) is 0 Å². The summed E-state index contributed by atoms with van der Waals surface area (Å²) in [7, 11) is 0. The molecule has 10 heteroatoms. The Bertz CT molecular complexity index is 1550. The number of aromatic nitrogens is 4. The van der Waals surface area contributed by atoms with Crippen LogP contribution >= 0.6 is 0 Å². The van der Waals surface area contributed by atoms with Gasteiger partial charge in [0.2, 0.25) is 5.91 Å². The molecular formula is C27H24FN7O2. The summed E-state index contributed by atoms with van der Waals surface area (Å²) in [5.74, 6) is -0.211. The molecule has 3 atom stereocenters. The molecule has 0 spiro atoms. The van der Waals surface area contributed by atoms with E-state index in [1.807, 2.05) is 9.58 Å². The van der Waals surface area contributed by atoms with Gasteiger partial charge in [-0.2, -0.15) is 5.10 Å². The summed E-state index contributed by atoms with van der Waals surface area (Å²) in [4.78, 5) is 35.2. The lowest BCUT2D eigenvalue weighted by Crippen LogP contribution is -2.42. The Kier molecular flexibility index (Phi) is 5.44. The van der Waals surface area contributed by atoms with Gasteiger partial charge in [0.05, 0.1) is 23.0 Å². The van der Waals surface area contributed by atoms with Gasteiger partial charge in [-0.1, -0.05) is 12.6 Å². The fourth-order valence-corrected chi connectivity index (χ4v) is 5.65. The van der Waals surface area contributed by atoms with Gasteiger partial charge in [-0.05, 0) is 61.2 Å². The lowest BCUT2D eigenvalue weighted by Gasteiger charge is -2.33. The minimum atomic E-state index is -0.611. The van der Waals surface area contributed by atoms with E-state index < -0.39 is 11.7 Å². The van der Waals surface area contributed by atoms with Crippen molar-refractivity contribution in [2.75, 3.05) is 17.6 Å². The molecule has 4 aromatic rings. The van der Waals surface area contributed by atoms with E-state index in [9.17, 15) is 9.59 Å². The summed E-state index contributed by atoms with van der Waals surface area (Å²) in [6.45, 7) is 4.34. The van der Waals surface area contributed by atoms with E-state index in [1.54, 1.807) is 36.7 Å². The van der Waals surface area contributed by atoms with Crippen LogP contribution in [0.2, 0.25) is 0 Å². The van der Waals surface area contributed by atoms with Crippen LogP contribution in [-0.2, 0) is 4.79 Å². The molecule has 9 nitrogen and oxygen atoms in total. The zero-order valence-electron chi connectivity index (χ0n) is 19.8. The van der Waals surface area contributed by atoms with Crippen LogP contribution in [0.5, 0.6) is 0 Å². The number of anilines is 2. The normalized spacial score (nSPS) is 20.4. The Morgan fingerprint density at radius 1 is 1.11 bits per heavy atom. The first-order valence-corrected chi connectivity index (χ1v) is 12.0. The van der Waals surface area contributed by atoms with Crippen LogP contribution in [0.15, 0.2) is 67.5 Å². The van der Waals surface area contributed by atoms with E-state index in [0.29, 0.717) is 29.4 Å². The van der Waals surface area contributed by atoms with Crippen LogP contribution in [-0.4, -0.2) is 49.0 Å². The number of benzene rings is 1. The summed E-state index contributed by atoms with van der Waals surface area (Å²) in [5, 5.41) is 8.02. The largest absolute Gasteiger partial charge is 0.383 e. The Morgan fingerprint density at radius 3 is 2.68 bits per heavy atom. The van der Waals surface area contributed by atoms with E-state index in [1.165, 1.54) is 24.3 Å². The maximum absolute atomic E-state index is 15.5. The molecule has 3 aromatic heterocycles.